The van der Waals surface area contributed by atoms with Crippen molar-refractivity contribution in [3.63, 3.8) is 0 Å². The normalized spacial score (nSPS) is 11.9. The second kappa shape index (κ2) is 9.87. The number of benzene rings is 2. The summed E-state index contributed by atoms with van der Waals surface area (Å²) in [6, 6.07) is 15.9. The third kappa shape index (κ3) is 5.46. The predicted molar refractivity (Wildman–Crippen MR) is 119 cm³/mol. The van der Waals surface area contributed by atoms with Crippen molar-refractivity contribution in [1.29, 1.82) is 0 Å². The first-order valence-electron chi connectivity index (χ1n) is 9.42. The maximum atomic E-state index is 14.5. The van der Waals surface area contributed by atoms with E-state index in [0.29, 0.717) is 16.1 Å². The van der Waals surface area contributed by atoms with Gasteiger partial charge < -0.3 is 10.1 Å². The van der Waals surface area contributed by atoms with E-state index in [0.717, 1.165) is 16.9 Å². The van der Waals surface area contributed by atoms with Gasteiger partial charge in [-0.15, -0.1) is 11.3 Å². The number of alkyl halides is 1. The topological polar surface area (TPSA) is 55.4 Å². The molecule has 0 fully saturated rings. The number of rotatable bonds is 7. The number of hydrogen-bond donors (Lipinski definition) is 1. The van der Waals surface area contributed by atoms with Gasteiger partial charge in [-0.25, -0.2) is 9.18 Å². The van der Waals surface area contributed by atoms with Gasteiger partial charge in [0.2, 0.25) is 0 Å². The van der Waals surface area contributed by atoms with Gasteiger partial charge in [0.05, 0.1) is 6.10 Å². The highest BCUT2D eigenvalue weighted by atomic mass is 35.5. The number of esters is 1. The number of amides is 1. The van der Waals surface area contributed by atoms with E-state index >= 15 is 0 Å². The summed E-state index contributed by atoms with van der Waals surface area (Å²) < 4.78 is 19.9. The van der Waals surface area contributed by atoms with Gasteiger partial charge in [-0.3, -0.25) is 4.79 Å². The fourth-order valence-corrected chi connectivity index (χ4v) is 3.96. The molecule has 1 atom stereocenters. The van der Waals surface area contributed by atoms with E-state index in [1.54, 1.807) is 67.8 Å². The largest absolute Gasteiger partial charge is 0.459 e. The monoisotopic (exact) mass is 445 g/mol. The molecule has 3 aromatic rings. The average Bonchev–Trinajstić information content (AvgIpc) is 3.12. The minimum atomic E-state index is -1.75. The number of hydrogen-bond acceptors (Lipinski definition) is 4. The smallest absolute Gasteiger partial charge is 0.342 e. The fraction of sp³-hybridized carbons (Fsp3) is 0.217. The molecule has 7 heteroatoms. The van der Waals surface area contributed by atoms with Crippen molar-refractivity contribution in [3.8, 4) is 11.1 Å². The second-order valence-corrected chi connectivity index (χ2v) is 8.28. The number of carbonyl (C=O) groups is 2. The Hall–Kier alpha value is -2.70. The Morgan fingerprint density at radius 2 is 1.77 bits per heavy atom. The molecule has 1 heterocycles. The molecule has 30 heavy (non-hydrogen) atoms. The first-order valence-corrected chi connectivity index (χ1v) is 10.7. The highest BCUT2D eigenvalue weighted by Gasteiger charge is 2.26. The van der Waals surface area contributed by atoms with Crippen LogP contribution in [-0.2, 0) is 16.0 Å². The molecule has 0 aliphatic heterocycles. The number of anilines is 1. The Balaban J connectivity index is 1.87. The Kier molecular flexibility index (Phi) is 7.24. The molecule has 0 bridgehead atoms. The Morgan fingerprint density at radius 3 is 2.40 bits per heavy atom. The van der Waals surface area contributed by atoms with E-state index in [9.17, 15) is 14.0 Å². The van der Waals surface area contributed by atoms with Gasteiger partial charge in [0.15, 0.2) is 6.17 Å². The van der Waals surface area contributed by atoms with Gasteiger partial charge >= 0.3 is 5.97 Å². The molecule has 2 aromatic carbocycles. The van der Waals surface area contributed by atoms with Gasteiger partial charge in [-0.2, -0.15) is 0 Å². The maximum Gasteiger partial charge on any atom is 0.342 e. The summed E-state index contributed by atoms with van der Waals surface area (Å²) >= 11 is 7.11. The van der Waals surface area contributed by atoms with E-state index in [1.807, 2.05) is 6.07 Å². The van der Waals surface area contributed by atoms with Crippen molar-refractivity contribution >= 4 is 39.8 Å². The summed E-state index contributed by atoms with van der Waals surface area (Å²) in [6.07, 6.45) is -2.14. The molecule has 0 aliphatic carbocycles. The molecule has 1 amide bonds. The molecule has 0 spiro atoms. The van der Waals surface area contributed by atoms with Crippen LogP contribution in [0.15, 0.2) is 60.0 Å². The second-order valence-electron chi connectivity index (χ2n) is 6.96. The summed E-state index contributed by atoms with van der Waals surface area (Å²) in [7, 11) is 0. The van der Waals surface area contributed by atoms with Crippen molar-refractivity contribution in [3.05, 3.63) is 76.1 Å². The lowest BCUT2D eigenvalue weighted by Gasteiger charge is -2.13. The van der Waals surface area contributed by atoms with E-state index < -0.39 is 18.0 Å². The van der Waals surface area contributed by atoms with Crippen LogP contribution in [-0.4, -0.2) is 24.2 Å². The van der Waals surface area contributed by atoms with Crippen LogP contribution in [0.3, 0.4) is 0 Å². The van der Waals surface area contributed by atoms with Gasteiger partial charge in [0.1, 0.15) is 10.6 Å². The van der Waals surface area contributed by atoms with Crippen LogP contribution < -0.4 is 5.32 Å². The highest BCUT2D eigenvalue weighted by Crippen LogP contribution is 2.37. The number of ether oxygens (including phenoxy) is 1. The fourth-order valence-electron chi connectivity index (χ4n) is 2.87. The van der Waals surface area contributed by atoms with Crippen molar-refractivity contribution in [2.24, 2.45) is 0 Å². The van der Waals surface area contributed by atoms with Crippen LogP contribution in [0.4, 0.5) is 9.39 Å². The third-order valence-electron chi connectivity index (χ3n) is 4.27. The maximum absolute atomic E-state index is 14.5. The predicted octanol–water partition coefficient (Wildman–Crippen LogP) is 6.15. The lowest BCUT2D eigenvalue weighted by atomic mass is 10.0. The molecule has 0 saturated carbocycles. The standard InChI is InChI=1S/C23H21ClFNO3S/c1-14(2)29-23(28)20-18(16-8-10-17(24)11-9-16)13-30-22(20)26-21(27)19(25)12-15-6-4-3-5-7-15/h3-11,13-14,19H,12H2,1-2H3,(H,26,27). The molecule has 0 radical (unpaired) electrons. The molecule has 1 N–H and O–H groups in total. The zero-order chi connectivity index (χ0) is 21.7. The zero-order valence-corrected chi connectivity index (χ0v) is 18.1. The Morgan fingerprint density at radius 1 is 1.10 bits per heavy atom. The highest BCUT2D eigenvalue weighted by molar-refractivity contribution is 7.15. The van der Waals surface area contributed by atoms with Crippen LogP contribution in [0.2, 0.25) is 5.02 Å². The van der Waals surface area contributed by atoms with Gasteiger partial charge in [-0.05, 0) is 37.1 Å². The van der Waals surface area contributed by atoms with Crippen LogP contribution in [0.25, 0.3) is 11.1 Å². The molecule has 1 aromatic heterocycles. The van der Waals surface area contributed by atoms with E-state index in [2.05, 4.69) is 5.32 Å². The van der Waals surface area contributed by atoms with Crippen LogP contribution in [0, 0.1) is 0 Å². The van der Waals surface area contributed by atoms with Crippen molar-refractivity contribution < 1.29 is 18.7 Å². The number of halogens is 2. The number of thiophene rings is 1. The zero-order valence-electron chi connectivity index (χ0n) is 16.5. The number of nitrogens with one attached hydrogen (secondary N) is 1. The summed E-state index contributed by atoms with van der Waals surface area (Å²) in [5.74, 6) is -1.38. The van der Waals surface area contributed by atoms with Crippen molar-refractivity contribution in [1.82, 2.24) is 0 Å². The molecule has 156 valence electrons. The Bertz CT molecular complexity index is 1020. The summed E-state index contributed by atoms with van der Waals surface area (Å²) in [5, 5.41) is 5.12. The lowest BCUT2D eigenvalue weighted by Crippen LogP contribution is -2.26. The molecule has 0 saturated heterocycles. The van der Waals surface area contributed by atoms with Crippen LogP contribution in [0.1, 0.15) is 29.8 Å². The molecule has 4 nitrogen and oxygen atoms in total. The first-order chi connectivity index (χ1) is 14.3. The summed E-state index contributed by atoms with van der Waals surface area (Å²) in [5.41, 5.74) is 2.26. The quantitative estimate of drug-likeness (QED) is 0.443. The van der Waals surface area contributed by atoms with Crippen molar-refractivity contribution in [2.75, 3.05) is 5.32 Å². The van der Waals surface area contributed by atoms with Crippen molar-refractivity contribution in [2.45, 2.75) is 32.5 Å². The number of carbonyl (C=O) groups excluding carboxylic acids is 2. The third-order valence-corrected chi connectivity index (χ3v) is 5.42. The lowest BCUT2D eigenvalue weighted by molar-refractivity contribution is -0.120. The van der Waals surface area contributed by atoms with Gasteiger partial charge in [0.25, 0.3) is 5.91 Å². The minimum absolute atomic E-state index is 0.0478. The first kappa shape index (κ1) is 22.0. The van der Waals surface area contributed by atoms with Gasteiger partial charge in [0, 0.05) is 22.4 Å². The SMILES string of the molecule is CC(C)OC(=O)c1c(-c2ccc(Cl)cc2)csc1NC(=O)C(F)Cc1ccccc1. The van der Waals surface area contributed by atoms with E-state index in [-0.39, 0.29) is 23.1 Å². The minimum Gasteiger partial charge on any atom is -0.459 e. The molecular weight excluding hydrogens is 425 g/mol. The summed E-state index contributed by atoms with van der Waals surface area (Å²) in [4.78, 5) is 25.2. The summed E-state index contributed by atoms with van der Waals surface area (Å²) in [6.45, 7) is 3.48. The molecule has 3 rings (SSSR count). The van der Waals surface area contributed by atoms with Gasteiger partial charge in [-0.1, -0.05) is 54.1 Å². The molecule has 1 unspecified atom stereocenters. The molecular formula is C23H21ClFNO3S. The molecule has 0 aliphatic rings. The van der Waals surface area contributed by atoms with E-state index in [1.165, 1.54) is 0 Å². The van der Waals surface area contributed by atoms with E-state index in [4.69, 9.17) is 16.3 Å². The van der Waals surface area contributed by atoms with Crippen LogP contribution in [0.5, 0.6) is 0 Å². The Labute approximate surface area is 183 Å². The average molecular weight is 446 g/mol. The van der Waals surface area contributed by atoms with Crippen LogP contribution >= 0.6 is 22.9 Å².